The van der Waals surface area contributed by atoms with Gasteiger partial charge in [0.1, 0.15) is 0 Å². The summed E-state index contributed by atoms with van der Waals surface area (Å²) < 4.78 is 0. The maximum atomic E-state index is 2.89. The van der Waals surface area contributed by atoms with Gasteiger partial charge in [0.15, 0.2) is 0 Å². The second-order valence-corrected chi connectivity index (χ2v) is 11.5. The summed E-state index contributed by atoms with van der Waals surface area (Å²) >= 11 is 0. The summed E-state index contributed by atoms with van der Waals surface area (Å²) in [6, 6.07) is 0.926. The van der Waals surface area contributed by atoms with Crippen LogP contribution in [-0.2, 0) is 0 Å². The van der Waals surface area contributed by atoms with Crippen molar-refractivity contribution in [2.75, 3.05) is 13.1 Å². The number of likely N-dealkylation sites (tertiary alicyclic amines) is 1. The van der Waals surface area contributed by atoms with Gasteiger partial charge in [0.05, 0.1) is 0 Å². The van der Waals surface area contributed by atoms with Crippen LogP contribution in [-0.4, -0.2) is 24.0 Å². The van der Waals surface area contributed by atoms with E-state index in [1.54, 1.807) is 12.8 Å². The van der Waals surface area contributed by atoms with Crippen LogP contribution in [0, 0.1) is 34.5 Å². The van der Waals surface area contributed by atoms with Crippen LogP contribution in [0.1, 0.15) is 97.8 Å². The van der Waals surface area contributed by atoms with E-state index in [0.29, 0.717) is 10.8 Å². The van der Waals surface area contributed by atoms with Gasteiger partial charge in [0.25, 0.3) is 0 Å². The standard InChI is InChI=1S/C26H43N/c1-4-19-9-11-23-22-10-8-20-18-21(27-16-6-5-7-17-27)12-14-26(20,3)24(22)13-15-25(19,23)2/h4,20-24H,5-18H2,1-3H3/b19-4-/t20?,21-,22-,23-,24-,25+,26-/m0/s1. The first-order chi connectivity index (χ1) is 13.1. The van der Waals surface area contributed by atoms with Gasteiger partial charge in [0, 0.05) is 6.04 Å². The number of hydrogen-bond donors (Lipinski definition) is 0. The highest BCUT2D eigenvalue weighted by Crippen LogP contribution is 2.67. The fourth-order valence-corrected chi connectivity index (χ4v) is 9.17. The topological polar surface area (TPSA) is 3.24 Å². The van der Waals surface area contributed by atoms with E-state index >= 15 is 0 Å². The second kappa shape index (κ2) is 6.89. The Balaban J connectivity index is 1.34. The molecule has 5 aliphatic rings. The molecule has 0 radical (unpaired) electrons. The molecule has 7 atom stereocenters. The number of rotatable bonds is 1. The number of piperidine rings is 1. The first-order valence-corrected chi connectivity index (χ1v) is 12.5. The summed E-state index contributed by atoms with van der Waals surface area (Å²) in [5.41, 5.74) is 3.03. The van der Waals surface area contributed by atoms with Gasteiger partial charge in [-0.3, -0.25) is 0 Å². The summed E-state index contributed by atoms with van der Waals surface area (Å²) in [7, 11) is 0. The SMILES string of the molecule is C/C=C1/CC[C@H]2[C@@H]3CCC4C[C@@H](N5CCCCC5)CC[C@]4(C)[C@H]3CC[C@]12C. The first-order valence-electron chi connectivity index (χ1n) is 12.5. The van der Waals surface area contributed by atoms with E-state index in [1.165, 1.54) is 77.3 Å². The fraction of sp³-hybridized carbons (Fsp3) is 0.923. The molecule has 5 fully saturated rings. The molecule has 1 heteroatoms. The maximum absolute atomic E-state index is 2.89. The molecule has 0 aromatic heterocycles. The Morgan fingerprint density at radius 1 is 0.889 bits per heavy atom. The van der Waals surface area contributed by atoms with E-state index in [2.05, 4.69) is 31.7 Å². The molecule has 152 valence electrons. The molecule has 1 heterocycles. The minimum absolute atomic E-state index is 0.560. The van der Waals surface area contributed by atoms with Crippen LogP contribution in [0.2, 0.25) is 0 Å². The highest BCUT2D eigenvalue weighted by Gasteiger charge is 2.59. The van der Waals surface area contributed by atoms with Gasteiger partial charge >= 0.3 is 0 Å². The molecule has 1 unspecified atom stereocenters. The van der Waals surface area contributed by atoms with Gasteiger partial charge in [0.2, 0.25) is 0 Å². The Morgan fingerprint density at radius 3 is 2.48 bits per heavy atom. The highest BCUT2D eigenvalue weighted by molar-refractivity contribution is 5.23. The van der Waals surface area contributed by atoms with Crippen molar-refractivity contribution >= 4 is 0 Å². The Hall–Kier alpha value is -0.300. The van der Waals surface area contributed by atoms with Gasteiger partial charge in [-0.25, -0.2) is 0 Å². The van der Waals surface area contributed by atoms with E-state index in [4.69, 9.17) is 0 Å². The van der Waals surface area contributed by atoms with Crippen molar-refractivity contribution in [3.05, 3.63) is 11.6 Å². The molecule has 4 saturated carbocycles. The Labute approximate surface area is 168 Å². The molecular weight excluding hydrogens is 326 g/mol. The van der Waals surface area contributed by atoms with E-state index in [1.807, 2.05) is 5.57 Å². The number of hydrogen-bond acceptors (Lipinski definition) is 1. The normalized spacial score (nSPS) is 52.3. The number of allylic oxidation sites excluding steroid dienone is 2. The minimum Gasteiger partial charge on any atom is -0.300 e. The van der Waals surface area contributed by atoms with Crippen LogP contribution in [0.3, 0.4) is 0 Å². The Bertz CT molecular complexity index is 587. The molecular formula is C26H43N. The Kier molecular flexibility index (Phi) is 4.78. The molecule has 1 aliphatic heterocycles. The van der Waals surface area contributed by atoms with Crippen molar-refractivity contribution in [1.82, 2.24) is 4.90 Å². The quantitative estimate of drug-likeness (QED) is 0.458. The lowest BCUT2D eigenvalue weighted by Gasteiger charge is -2.61. The van der Waals surface area contributed by atoms with E-state index in [9.17, 15) is 0 Å². The molecule has 1 saturated heterocycles. The Morgan fingerprint density at radius 2 is 1.70 bits per heavy atom. The van der Waals surface area contributed by atoms with E-state index in [0.717, 1.165) is 29.7 Å². The van der Waals surface area contributed by atoms with Crippen molar-refractivity contribution in [1.29, 1.82) is 0 Å². The molecule has 5 rings (SSSR count). The van der Waals surface area contributed by atoms with Crippen LogP contribution in [0.25, 0.3) is 0 Å². The van der Waals surface area contributed by atoms with Gasteiger partial charge in [-0.1, -0.05) is 31.9 Å². The summed E-state index contributed by atoms with van der Waals surface area (Å²) in [5, 5.41) is 0. The van der Waals surface area contributed by atoms with Crippen molar-refractivity contribution in [3.8, 4) is 0 Å². The largest absolute Gasteiger partial charge is 0.300 e. The van der Waals surface area contributed by atoms with E-state index in [-0.39, 0.29) is 0 Å². The number of fused-ring (bicyclic) bond motifs is 5. The van der Waals surface area contributed by atoms with Gasteiger partial charge < -0.3 is 4.90 Å². The van der Waals surface area contributed by atoms with Gasteiger partial charge in [-0.05, 0) is 125 Å². The third-order valence-corrected chi connectivity index (χ3v) is 10.7. The highest BCUT2D eigenvalue weighted by atomic mass is 15.2. The third kappa shape index (κ3) is 2.81. The van der Waals surface area contributed by atoms with Crippen LogP contribution in [0.5, 0.6) is 0 Å². The van der Waals surface area contributed by atoms with Gasteiger partial charge in [-0.2, -0.15) is 0 Å². The van der Waals surface area contributed by atoms with E-state index < -0.39 is 0 Å². The molecule has 0 bridgehead atoms. The summed E-state index contributed by atoms with van der Waals surface area (Å²) in [6.45, 7) is 10.5. The molecule has 27 heavy (non-hydrogen) atoms. The fourth-order valence-electron chi connectivity index (χ4n) is 9.17. The maximum Gasteiger partial charge on any atom is 0.00983 e. The smallest absolute Gasteiger partial charge is 0.00983 e. The first kappa shape index (κ1) is 18.7. The second-order valence-electron chi connectivity index (χ2n) is 11.5. The molecule has 1 nitrogen and oxygen atoms in total. The average Bonchev–Trinajstić information content (AvgIpc) is 3.04. The van der Waals surface area contributed by atoms with Crippen LogP contribution in [0.4, 0.5) is 0 Å². The number of nitrogens with zero attached hydrogens (tertiary/aromatic N) is 1. The monoisotopic (exact) mass is 369 g/mol. The van der Waals surface area contributed by atoms with Gasteiger partial charge in [-0.15, -0.1) is 0 Å². The van der Waals surface area contributed by atoms with Crippen molar-refractivity contribution in [2.45, 2.75) is 104 Å². The van der Waals surface area contributed by atoms with Crippen LogP contribution < -0.4 is 0 Å². The predicted octanol–water partition coefficient (Wildman–Crippen LogP) is 6.83. The van der Waals surface area contributed by atoms with Crippen molar-refractivity contribution in [2.24, 2.45) is 34.5 Å². The third-order valence-electron chi connectivity index (χ3n) is 10.7. The van der Waals surface area contributed by atoms with Crippen LogP contribution >= 0.6 is 0 Å². The zero-order valence-corrected chi connectivity index (χ0v) is 18.3. The van der Waals surface area contributed by atoms with Crippen molar-refractivity contribution in [3.63, 3.8) is 0 Å². The molecule has 0 aromatic rings. The minimum atomic E-state index is 0.560. The lowest BCUT2D eigenvalue weighted by Crippen LogP contribution is -2.55. The molecule has 0 spiro atoms. The predicted molar refractivity (Wildman–Crippen MR) is 115 cm³/mol. The molecule has 4 aliphatic carbocycles. The zero-order chi connectivity index (χ0) is 18.6. The zero-order valence-electron chi connectivity index (χ0n) is 18.3. The van der Waals surface area contributed by atoms with Crippen molar-refractivity contribution < 1.29 is 0 Å². The summed E-state index contributed by atoms with van der Waals surface area (Å²) in [4.78, 5) is 2.89. The van der Waals surface area contributed by atoms with Crippen LogP contribution in [0.15, 0.2) is 11.6 Å². The molecule has 0 amide bonds. The summed E-state index contributed by atoms with van der Waals surface area (Å²) in [6.07, 6.45) is 20.4. The molecule has 0 N–H and O–H groups in total. The molecule has 0 aromatic carbocycles. The summed E-state index contributed by atoms with van der Waals surface area (Å²) in [5.74, 6) is 4.09. The average molecular weight is 370 g/mol. The lowest BCUT2D eigenvalue weighted by molar-refractivity contribution is -0.111. The lowest BCUT2D eigenvalue weighted by atomic mass is 9.45.